The fourth-order valence-corrected chi connectivity index (χ4v) is 2.67. The van der Waals surface area contributed by atoms with Crippen LogP contribution < -0.4 is 10.0 Å². The number of carbonyl (C=O) groups is 1. The van der Waals surface area contributed by atoms with E-state index >= 15 is 0 Å². The Labute approximate surface area is 122 Å². The van der Waals surface area contributed by atoms with E-state index in [1.54, 1.807) is 19.1 Å². The molecule has 0 saturated carbocycles. The Hall–Kier alpha value is -0.820. The maximum absolute atomic E-state index is 11.6. The quantitative estimate of drug-likeness (QED) is 0.842. The van der Waals surface area contributed by atoms with Gasteiger partial charge in [0.25, 0.3) is 0 Å². The Morgan fingerprint density at radius 1 is 1.32 bits per heavy atom. The normalized spacial score (nSPS) is 11.3. The fraction of sp³-hybridized carbons (Fsp3) is 0.364. The summed E-state index contributed by atoms with van der Waals surface area (Å²) >= 11 is 11.6. The van der Waals surface area contributed by atoms with E-state index in [1.165, 1.54) is 6.07 Å². The van der Waals surface area contributed by atoms with Crippen molar-refractivity contribution in [2.75, 3.05) is 17.6 Å². The van der Waals surface area contributed by atoms with Crippen LogP contribution in [0.15, 0.2) is 18.2 Å². The van der Waals surface area contributed by atoms with Crippen LogP contribution in [0.5, 0.6) is 0 Å². The molecule has 1 aromatic rings. The van der Waals surface area contributed by atoms with Gasteiger partial charge in [0.1, 0.15) is 0 Å². The molecule has 0 aliphatic carbocycles. The van der Waals surface area contributed by atoms with Gasteiger partial charge < -0.3 is 5.32 Å². The summed E-state index contributed by atoms with van der Waals surface area (Å²) in [5.74, 6) is -0.526. The highest BCUT2D eigenvalue weighted by Gasteiger charge is 2.12. The molecule has 1 rings (SSSR count). The molecule has 0 fully saturated rings. The molecular formula is C11H14Cl2N2O3S. The van der Waals surface area contributed by atoms with Gasteiger partial charge in [0.15, 0.2) is 0 Å². The number of hydrogen-bond donors (Lipinski definition) is 2. The third kappa shape index (κ3) is 5.78. The standard InChI is InChI=1S/C11H14Cl2N2O3S/c1-2-5-19(17,18)14-7-11(16)15-10-6-8(12)3-4-9(10)13/h3-4,6,14H,2,5,7H2,1H3,(H,15,16). The summed E-state index contributed by atoms with van der Waals surface area (Å²) < 4.78 is 24.9. The average Bonchev–Trinajstić information content (AvgIpc) is 2.31. The van der Waals surface area contributed by atoms with Gasteiger partial charge in [-0.2, -0.15) is 0 Å². The highest BCUT2D eigenvalue weighted by molar-refractivity contribution is 7.89. The zero-order valence-corrected chi connectivity index (χ0v) is 12.6. The molecule has 0 unspecified atom stereocenters. The first-order valence-corrected chi connectivity index (χ1v) is 7.97. The second kappa shape index (κ2) is 7.09. The summed E-state index contributed by atoms with van der Waals surface area (Å²) in [6.07, 6.45) is 0.483. The minimum absolute atomic E-state index is 0.0157. The summed E-state index contributed by atoms with van der Waals surface area (Å²) in [4.78, 5) is 11.6. The lowest BCUT2D eigenvalue weighted by Gasteiger charge is -2.08. The van der Waals surface area contributed by atoms with Crippen molar-refractivity contribution < 1.29 is 13.2 Å². The van der Waals surface area contributed by atoms with Crippen LogP contribution in [0, 0.1) is 0 Å². The number of nitrogens with one attached hydrogen (secondary N) is 2. The molecule has 2 N–H and O–H groups in total. The van der Waals surface area contributed by atoms with Crippen molar-refractivity contribution in [1.82, 2.24) is 4.72 Å². The molecule has 0 aromatic heterocycles. The van der Waals surface area contributed by atoms with Crippen LogP contribution in [0.2, 0.25) is 10.0 Å². The molecule has 0 radical (unpaired) electrons. The van der Waals surface area contributed by atoms with Crippen LogP contribution in [0.4, 0.5) is 5.69 Å². The molecule has 106 valence electrons. The minimum atomic E-state index is -3.41. The van der Waals surface area contributed by atoms with E-state index in [-0.39, 0.29) is 12.3 Å². The number of anilines is 1. The summed E-state index contributed by atoms with van der Waals surface area (Å²) in [7, 11) is -3.41. The van der Waals surface area contributed by atoms with Crippen LogP contribution >= 0.6 is 23.2 Å². The second-order valence-electron chi connectivity index (χ2n) is 3.81. The second-order valence-corrected chi connectivity index (χ2v) is 6.58. The van der Waals surface area contributed by atoms with Crippen molar-refractivity contribution in [3.05, 3.63) is 28.2 Å². The fourth-order valence-electron chi connectivity index (χ4n) is 1.30. The van der Waals surface area contributed by atoms with Crippen molar-refractivity contribution >= 4 is 44.8 Å². The smallest absolute Gasteiger partial charge is 0.239 e. The van der Waals surface area contributed by atoms with E-state index < -0.39 is 15.9 Å². The van der Waals surface area contributed by atoms with E-state index in [1.807, 2.05) is 0 Å². The van der Waals surface area contributed by atoms with Gasteiger partial charge in [-0.3, -0.25) is 4.79 Å². The number of amides is 1. The molecule has 0 saturated heterocycles. The molecule has 8 heteroatoms. The monoisotopic (exact) mass is 324 g/mol. The molecule has 1 aromatic carbocycles. The molecule has 0 heterocycles. The molecule has 5 nitrogen and oxygen atoms in total. The average molecular weight is 325 g/mol. The Bertz CT molecular complexity index is 561. The SMILES string of the molecule is CCCS(=O)(=O)NCC(=O)Nc1cc(Cl)ccc1Cl. The van der Waals surface area contributed by atoms with Crippen molar-refractivity contribution in [3.63, 3.8) is 0 Å². The number of carbonyl (C=O) groups excluding carboxylic acids is 1. The van der Waals surface area contributed by atoms with Crippen LogP contribution in [0.25, 0.3) is 0 Å². The first-order valence-electron chi connectivity index (χ1n) is 5.56. The van der Waals surface area contributed by atoms with Crippen molar-refractivity contribution in [1.29, 1.82) is 0 Å². The number of sulfonamides is 1. The number of rotatable bonds is 6. The van der Waals surface area contributed by atoms with Gasteiger partial charge in [-0.05, 0) is 24.6 Å². The van der Waals surface area contributed by atoms with E-state index in [4.69, 9.17) is 23.2 Å². The summed E-state index contributed by atoms with van der Waals surface area (Å²) in [6, 6.07) is 4.62. The van der Waals surface area contributed by atoms with Crippen LogP contribution in [-0.4, -0.2) is 26.6 Å². The van der Waals surface area contributed by atoms with E-state index in [9.17, 15) is 13.2 Å². The maximum Gasteiger partial charge on any atom is 0.239 e. The maximum atomic E-state index is 11.6. The Kier molecular flexibility index (Phi) is 6.06. The molecule has 0 atom stereocenters. The van der Waals surface area contributed by atoms with Gasteiger partial charge in [0.05, 0.1) is 23.0 Å². The van der Waals surface area contributed by atoms with E-state index in [2.05, 4.69) is 10.0 Å². The first kappa shape index (κ1) is 16.2. The van der Waals surface area contributed by atoms with Gasteiger partial charge in [-0.25, -0.2) is 13.1 Å². The van der Waals surface area contributed by atoms with Gasteiger partial charge in [0.2, 0.25) is 15.9 Å². The third-order valence-corrected chi connectivity index (χ3v) is 4.22. The molecular weight excluding hydrogens is 311 g/mol. The van der Waals surface area contributed by atoms with Crippen molar-refractivity contribution in [3.8, 4) is 0 Å². The third-order valence-electron chi connectivity index (χ3n) is 2.13. The zero-order valence-electron chi connectivity index (χ0n) is 10.2. The van der Waals surface area contributed by atoms with Gasteiger partial charge in [-0.1, -0.05) is 30.1 Å². The Balaban J connectivity index is 2.59. The molecule has 0 aliphatic heterocycles. The van der Waals surface area contributed by atoms with Crippen LogP contribution in [0.3, 0.4) is 0 Å². The highest BCUT2D eigenvalue weighted by atomic mass is 35.5. The first-order chi connectivity index (χ1) is 8.84. The molecule has 0 bridgehead atoms. The lowest BCUT2D eigenvalue weighted by molar-refractivity contribution is -0.115. The van der Waals surface area contributed by atoms with Gasteiger partial charge >= 0.3 is 0 Å². The van der Waals surface area contributed by atoms with Crippen LogP contribution in [0.1, 0.15) is 13.3 Å². The molecule has 0 aliphatic rings. The van der Waals surface area contributed by atoms with Crippen LogP contribution in [-0.2, 0) is 14.8 Å². The summed E-state index contributed by atoms with van der Waals surface area (Å²) in [5.41, 5.74) is 0.342. The topological polar surface area (TPSA) is 75.3 Å². The number of hydrogen-bond acceptors (Lipinski definition) is 3. The molecule has 0 spiro atoms. The molecule has 1 amide bonds. The van der Waals surface area contributed by atoms with Gasteiger partial charge in [0, 0.05) is 5.02 Å². The van der Waals surface area contributed by atoms with Crippen molar-refractivity contribution in [2.24, 2.45) is 0 Å². The van der Waals surface area contributed by atoms with E-state index in [0.717, 1.165) is 0 Å². The minimum Gasteiger partial charge on any atom is -0.324 e. The van der Waals surface area contributed by atoms with Crippen molar-refractivity contribution in [2.45, 2.75) is 13.3 Å². The predicted octanol–water partition coefficient (Wildman–Crippen LogP) is 2.26. The molecule has 19 heavy (non-hydrogen) atoms. The number of benzene rings is 1. The summed E-state index contributed by atoms with van der Waals surface area (Å²) in [5, 5.41) is 3.23. The highest BCUT2D eigenvalue weighted by Crippen LogP contribution is 2.25. The lowest BCUT2D eigenvalue weighted by atomic mass is 10.3. The van der Waals surface area contributed by atoms with Gasteiger partial charge in [-0.15, -0.1) is 0 Å². The number of halogens is 2. The Morgan fingerprint density at radius 3 is 2.63 bits per heavy atom. The Morgan fingerprint density at radius 2 is 2.00 bits per heavy atom. The summed E-state index contributed by atoms with van der Waals surface area (Å²) in [6.45, 7) is 1.40. The lowest BCUT2D eigenvalue weighted by Crippen LogP contribution is -2.34. The largest absolute Gasteiger partial charge is 0.324 e. The predicted molar refractivity (Wildman–Crippen MR) is 77.2 cm³/mol. The van der Waals surface area contributed by atoms with E-state index in [0.29, 0.717) is 22.2 Å². The zero-order chi connectivity index (χ0) is 14.5.